The van der Waals surface area contributed by atoms with E-state index in [9.17, 15) is 14.9 Å². The Hall–Kier alpha value is -1.81. The number of ether oxygens (including phenoxy) is 1. The summed E-state index contributed by atoms with van der Waals surface area (Å²) in [4.78, 5) is 28.2. The van der Waals surface area contributed by atoms with Crippen molar-refractivity contribution in [3.63, 3.8) is 0 Å². The van der Waals surface area contributed by atoms with Crippen LogP contribution in [0.25, 0.3) is 0 Å². The van der Waals surface area contributed by atoms with Crippen molar-refractivity contribution in [3.05, 3.63) is 48.0 Å². The zero-order valence-corrected chi connectivity index (χ0v) is 24.9. The molecule has 2 amide bonds. The Bertz CT molecular complexity index is 843. The predicted octanol–water partition coefficient (Wildman–Crippen LogP) is 7.51. The first-order valence-electron chi connectivity index (χ1n) is 13.5. The molecule has 1 heterocycles. The van der Waals surface area contributed by atoms with Crippen LogP contribution in [-0.2, 0) is 16.0 Å². The van der Waals surface area contributed by atoms with Gasteiger partial charge >= 0.3 is 217 Å². The van der Waals surface area contributed by atoms with Crippen LogP contribution in [0.1, 0.15) is 71.3 Å². The van der Waals surface area contributed by atoms with Gasteiger partial charge in [-0.1, -0.05) is 0 Å². The maximum absolute atomic E-state index is 14.0. The third-order valence-electron chi connectivity index (χ3n) is 7.37. The number of hydrogen-bond acceptors (Lipinski definition) is 4. The van der Waals surface area contributed by atoms with Crippen LogP contribution in [0.5, 0.6) is 0 Å². The number of benzene rings is 1. The molecule has 1 unspecified atom stereocenters. The molecule has 0 N–H and O–H groups in total. The van der Waals surface area contributed by atoms with Gasteiger partial charge in [-0.3, -0.25) is 0 Å². The summed E-state index contributed by atoms with van der Waals surface area (Å²) >= 11 is -2.72. The van der Waals surface area contributed by atoms with Gasteiger partial charge in [0.15, 0.2) is 0 Å². The second-order valence-electron chi connectivity index (χ2n) is 10.3. The van der Waals surface area contributed by atoms with Crippen molar-refractivity contribution in [3.8, 4) is 6.07 Å². The minimum absolute atomic E-state index is 0.157. The molecule has 1 aromatic carbocycles. The maximum atomic E-state index is 14.0. The normalized spacial score (nSPS) is 16.6. The van der Waals surface area contributed by atoms with Crippen LogP contribution in [0.4, 0.5) is 4.79 Å². The molecule has 192 valence electrons. The molecule has 1 aliphatic rings. The minimum atomic E-state index is -2.72. The van der Waals surface area contributed by atoms with Crippen molar-refractivity contribution >= 4 is 30.4 Å². The average Bonchev–Trinajstić information content (AvgIpc) is 3.23. The van der Waals surface area contributed by atoms with E-state index in [1.165, 1.54) is 37.5 Å². The van der Waals surface area contributed by atoms with Crippen molar-refractivity contribution in [2.45, 2.75) is 95.9 Å². The predicted molar refractivity (Wildman–Crippen MR) is 145 cm³/mol. The van der Waals surface area contributed by atoms with E-state index >= 15 is 0 Å². The fraction of sp³-hybridized carbons (Fsp3) is 0.621. The molecule has 5 nitrogen and oxygen atoms in total. The first kappa shape index (κ1) is 29.4. The first-order chi connectivity index (χ1) is 16.9. The van der Waals surface area contributed by atoms with Crippen LogP contribution in [0.15, 0.2) is 42.5 Å². The van der Waals surface area contributed by atoms with E-state index in [0.29, 0.717) is 18.4 Å². The number of amides is 2. The van der Waals surface area contributed by atoms with E-state index in [4.69, 9.17) is 4.74 Å². The Morgan fingerprint density at radius 1 is 1.11 bits per heavy atom. The van der Waals surface area contributed by atoms with Crippen molar-refractivity contribution in [2.75, 3.05) is 6.61 Å². The molecule has 1 saturated heterocycles. The van der Waals surface area contributed by atoms with Gasteiger partial charge in [0.2, 0.25) is 0 Å². The van der Waals surface area contributed by atoms with E-state index in [0.717, 1.165) is 29.3 Å². The average molecular weight is 587 g/mol. The first-order valence-corrected chi connectivity index (χ1v) is 21.6. The van der Waals surface area contributed by atoms with Crippen LogP contribution in [0.2, 0.25) is 17.7 Å². The molecule has 35 heavy (non-hydrogen) atoms. The van der Waals surface area contributed by atoms with E-state index in [-0.39, 0.29) is 24.5 Å². The number of hydrogen-bond donors (Lipinski definition) is 0. The number of cyclic esters (lactones) is 1. The Balaban J connectivity index is 2.35. The van der Waals surface area contributed by atoms with Crippen LogP contribution >= 0.6 is 0 Å². The number of nitrogens with zero attached hydrogens (tertiary/aromatic N) is 2. The van der Waals surface area contributed by atoms with Gasteiger partial charge in [-0.15, -0.1) is 0 Å². The molecule has 6 heteroatoms. The molecule has 0 bridgehead atoms. The molecule has 1 fully saturated rings. The molecule has 0 spiro atoms. The Morgan fingerprint density at radius 3 is 2.20 bits per heavy atom. The third-order valence-corrected chi connectivity index (χ3v) is 23.4. The van der Waals surface area contributed by atoms with Gasteiger partial charge in [0.25, 0.3) is 0 Å². The summed E-state index contributed by atoms with van der Waals surface area (Å²) < 4.78 is 10.1. The summed E-state index contributed by atoms with van der Waals surface area (Å²) in [5.74, 6) is -0.511. The molecule has 0 saturated carbocycles. The summed E-state index contributed by atoms with van der Waals surface area (Å²) in [5, 5.41) is 9.50. The standard InChI is InChI=1S/C17H17N2O3.3C4H9.Sn/c1-12(10-18)8-13(2)16(20)19-15(11-22-17(19)21)9-14-6-4-3-5-7-14;3*1-3-4-2;/h3-7,13,15H,1-2,8-9,11H2;3*1,3-4H2,2H3;/t13?,15-;;;;/m1..../s1. The molecular weight excluding hydrogens is 543 g/mol. The molecule has 1 aliphatic heterocycles. The van der Waals surface area contributed by atoms with Gasteiger partial charge in [0.05, 0.1) is 0 Å². The SMILES string of the molecule is C=C(C#N)CC([CH2][Sn]([CH2]CCC)([CH2]CCC)[CH2]CCC)C(=O)N1C(=O)OC[C@H]1Cc1ccccc1. The molecule has 2 atom stereocenters. The fourth-order valence-corrected chi connectivity index (χ4v) is 22.6. The van der Waals surface area contributed by atoms with E-state index in [1.807, 2.05) is 30.3 Å². The van der Waals surface area contributed by atoms with Gasteiger partial charge in [-0.25, -0.2) is 0 Å². The molecule has 1 aromatic rings. The van der Waals surface area contributed by atoms with Gasteiger partial charge in [-0.2, -0.15) is 0 Å². The second-order valence-corrected chi connectivity index (χ2v) is 24.3. The van der Waals surface area contributed by atoms with Crippen LogP contribution in [-0.4, -0.2) is 47.9 Å². The van der Waals surface area contributed by atoms with E-state index < -0.39 is 24.5 Å². The molecular formula is C29H44N2O3Sn. The number of rotatable bonds is 16. The van der Waals surface area contributed by atoms with Crippen LogP contribution in [0, 0.1) is 17.2 Å². The fourth-order valence-electron chi connectivity index (χ4n) is 5.41. The van der Waals surface area contributed by atoms with Crippen molar-refractivity contribution in [1.82, 2.24) is 4.90 Å². The zero-order valence-electron chi connectivity index (χ0n) is 22.1. The summed E-state index contributed by atoms with van der Waals surface area (Å²) in [6.07, 6.45) is 7.53. The van der Waals surface area contributed by atoms with Crippen LogP contribution in [0.3, 0.4) is 0 Å². The van der Waals surface area contributed by atoms with Gasteiger partial charge < -0.3 is 0 Å². The van der Waals surface area contributed by atoms with E-state index in [2.05, 4.69) is 33.4 Å². The molecule has 0 aliphatic carbocycles. The monoisotopic (exact) mass is 588 g/mol. The summed E-state index contributed by atoms with van der Waals surface area (Å²) in [5.41, 5.74) is 1.51. The van der Waals surface area contributed by atoms with Gasteiger partial charge in [-0.05, 0) is 0 Å². The zero-order chi connectivity index (χ0) is 25.7. The van der Waals surface area contributed by atoms with Gasteiger partial charge in [0, 0.05) is 0 Å². The summed E-state index contributed by atoms with van der Waals surface area (Å²) in [6, 6.07) is 11.8. The van der Waals surface area contributed by atoms with Crippen molar-refractivity contribution in [1.29, 1.82) is 5.26 Å². The summed E-state index contributed by atoms with van der Waals surface area (Å²) in [7, 11) is 0. The number of carbonyl (C=O) groups excluding carboxylic acids is 2. The Kier molecular flexibility index (Phi) is 12.9. The topological polar surface area (TPSA) is 70.4 Å². The number of imide groups is 1. The summed E-state index contributed by atoms with van der Waals surface area (Å²) in [6.45, 7) is 10.9. The number of allylic oxidation sites excluding steroid dienone is 1. The van der Waals surface area contributed by atoms with Crippen molar-refractivity contribution < 1.29 is 14.3 Å². The van der Waals surface area contributed by atoms with Gasteiger partial charge in [0.1, 0.15) is 0 Å². The number of carbonyl (C=O) groups is 2. The molecule has 0 radical (unpaired) electrons. The molecule has 2 rings (SSSR count). The van der Waals surface area contributed by atoms with Crippen LogP contribution < -0.4 is 0 Å². The Labute approximate surface area is 216 Å². The molecule has 0 aromatic heterocycles. The quantitative estimate of drug-likeness (QED) is 0.148. The second kappa shape index (κ2) is 15.3. The van der Waals surface area contributed by atoms with Crippen molar-refractivity contribution in [2.24, 2.45) is 5.92 Å². The van der Waals surface area contributed by atoms with E-state index in [1.54, 1.807) is 0 Å². The number of nitriles is 1. The Morgan fingerprint density at radius 2 is 1.69 bits per heavy atom. The number of unbranched alkanes of at least 4 members (excludes halogenated alkanes) is 3. The third kappa shape index (κ3) is 8.97.